The number of urea groups is 1. The van der Waals surface area contributed by atoms with Crippen molar-refractivity contribution >= 4 is 69.9 Å². The van der Waals surface area contributed by atoms with Crippen LogP contribution in [0.25, 0.3) is 0 Å². The molecule has 7 aromatic rings. The van der Waals surface area contributed by atoms with Crippen molar-refractivity contribution in [3.8, 4) is 28.7 Å². The number of carbonyl (C=O) groups excluding carboxylic acids is 4. The van der Waals surface area contributed by atoms with E-state index in [2.05, 4.69) is 43.7 Å². The third kappa shape index (κ3) is 18.2. The van der Waals surface area contributed by atoms with Crippen LogP contribution in [-0.4, -0.2) is 98.1 Å². The number of hydrogen-bond acceptors (Lipinski definition) is 11. The molecule has 2 aliphatic heterocycles. The van der Waals surface area contributed by atoms with Crippen molar-refractivity contribution in [2.75, 3.05) is 75.8 Å². The average molecular weight is 1150 g/mol. The number of aryl methyl sites for hydroxylation is 5. The monoisotopic (exact) mass is 1150 g/mol. The maximum atomic E-state index is 13.7. The molecule has 82 heavy (non-hydrogen) atoms. The number of nitrogens with one attached hydrogen (secondary N) is 3. The van der Waals surface area contributed by atoms with E-state index in [1.807, 2.05) is 81.1 Å². The lowest BCUT2D eigenvalue weighted by molar-refractivity contribution is 0.0725. The summed E-state index contributed by atoms with van der Waals surface area (Å²) < 4.78 is 17.7. The number of nitrogen functional groups attached to an aromatic ring is 1. The first kappa shape index (κ1) is 61.4. The van der Waals surface area contributed by atoms with Gasteiger partial charge in [0.1, 0.15) is 23.0 Å². The highest BCUT2D eigenvalue weighted by Crippen LogP contribution is 2.34. The van der Waals surface area contributed by atoms with Gasteiger partial charge in [-0.05, 0) is 205 Å². The zero-order valence-electron chi connectivity index (χ0n) is 47.5. The van der Waals surface area contributed by atoms with Crippen LogP contribution in [-0.2, 0) is 11.3 Å². The fourth-order valence-electron chi connectivity index (χ4n) is 9.20. The molecule has 2 fully saturated rings. The first-order valence-electron chi connectivity index (χ1n) is 27.4. The fraction of sp³-hybridized carbons (Fsp3) is 0.292. The van der Waals surface area contributed by atoms with Gasteiger partial charge in [-0.25, -0.2) is 9.59 Å². The number of ether oxygens (including phenoxy) is 3. The largest absolute Gasteiger partial charge is 0.496 e. The Labute approximate surface area is 491 Å². The molecule has 0 aromatic heterocycles. The van der Waals surface area contributed by atoms with Gasteiger partial charge >= 0.3 is 6.03 Å². The van der Waals surface area contributed by atoms with Gasteiger partial charge in [0.15, 0.2) is 5.75 Å². The number of likely N-dealkylation sites (tertiary alicyclic amines) is 2. The molecular formula is C65H72Cl2N8O7. The van der Waals surface area contributed by atoms with Gasteiger partial charge in [-0.1, -0.05) is 71.7 Å². The first-order valence-corrected chi connectivity index (χ1v) is 28.2. The second kappa shape index (κ2) is 30.6. The summed E-state index contributed by atoms with van der Waals surface area (Å²) >= 11 is 11.8. The van der Waals surface area contributed by atoms with Crippen molar-refractivity contribution in [2.24, 2.45) is 4.99 Å². The number of para-hydroxylation sites is 2. The van der Waals surface area contributed by atoms with Crippen LogP contribution in [0.3, 0.4) is 0 Å². The highest BCUT2D eigenvalue weighted by Gasteiger charge is 2.22. The molecule has 9 rings (SSSR count). The predicted octanol–water partition coefficient (Wildman–Crippen LogP) is 14.3. The van der Waals surface area contributed by atoms with E-state index in [0.717, 1.165) is 78.6 Å². The predicted molar refractivity (Wildman–Crippen MR) is 329 cm³/mol. The number of hydrogen-bond donors (Lipinski definition) is 4. The quantitative estimate of drug-likeness (QED) is 0.0367. The van der Waals surface area contributed by atoms with Crippen LogP contribution in [0.1, 0.15) is 79.8 Å². The maximum absolute atomic E-state index is 13.7. The van der Waals surface area contributed by atoms with Crippen LogP contribution >= 0.6 is 23.2 Å². The second-order valence-corrected chi connectivity index (χ2v) is 21.1. The van der Waals surface area contributed by atoms with Crippen LogP contribution in [0.5, 0.6) is 28.7 Å². The van der Waals surface area contributed by atoms with E-state index in [-0.39, 0.29) is 11.8 Å². The third-order valence-electron chi connectivity index (χ3n) is 14.2. The average Bonchev–Trinajstić information content (AvgIpc) is 4.22. The minimum absolute atomic E-state index is 0.0544. The van der Waals surface area contributed by atoms with Crippen LogP contribution in [0.2, 0.25) is 10.0 Å². The number of amides is 4. The van der Waals surface area contributed by atoms with E-state index >= 15 is 0 Å². The summed E-state index contributed by atoms with van der Waals surface area (Å²) in [4.78, 5) is 59.1. The maximum Gasteiger partial charge on any atom is 0.323 e. The molecule has 4 amide bonds. The van der Waals surface area contributed by atoms with Gasteiger partial charge in [0, 0.05) is 49.4 Å². The van der Waals surface area contributed by atoms with E-state index < -0.39 is 6.03 Å². The van der Waals surface area contributed by atoms with E-state index in [1.54, 1.807) is 92.0 Å². The first-order chi connectivity index (χ1) is 39.6. The number of isocyanates is 1. The van der Waals surface area contributed by atoms with Crippen molar-refractivity contribution in [3.63, 3.8) is 0 Å². The summed E-state index contributed by atoms with van der Waals surface area (Å²) in [7, 11) is 1.67. The fourth-order valence-corrected chi connectivity index (χ4v) is 9.56. The van der Waals surface area contributed by atoms with Gasteiger partial charge < -0.3 is 50.6 Å². The highest BCUT2D eigenvalue weighted by atomic mass is 35.5. The molecule has 15 nitrogen and oxygen atoms in total. The Kier molecular flexibility index (Phi) is 22.9. The molecule has 2 saturated heterocycles. The standard InChI is InChI=1S/C30H37N3O3.C28H31ClN4O3.C7H4ClNO/c1-21-7-9-25(29(17-21)35-4)20-33(16-15-32-13-5-6-14-32)30(34)24-10-12-28(27(31)19-24)36-26-11-8-22(2)23(3)18-26;1-19-9-11-22(17-20(19)2)36-26-12-10-21(27(34)30-13-16-33-14-5-6-15-33)18-25(26)32-28(35)31-24-8-4-3-7-23(24)29;8-6-3-1-2-4-7(6)9-5-10/h7-12,17-19H,5-6,13-16,20,31H2,1-4H3;3-4,7-12,17-18H,5-6,13-16H2,1-2H3,(H,30,34)(H2,31,32,35);1-4H. The third-order valence-corrected chi connectivity index (χ3v) is 14.8. The van der Waals surface area contributed by atoms with E-state index in [9.17, 15) is 19.2 Å². The molecule has 428 valence electrons. The molecule has 0 atom stereocenters. The Hall–Kier alpha value is -8.17. The van der Waals surface area contributed by atoms with Crippen molar-refractivity contribution < 1.29 is 33.4 Å². The van der Waals surface area contributed by atoms with Gasteiger partial charge in [0.05, 0.1) is 39.9 Å². The number of nitrogens with zero attached hydrogens (tertiary/aromatic N) is 4. The number of anilines is 3. The molecule has 0 spiro atoms. The summed E-state index contributed by atoms with van der Waals surface area (Å²) in [6.07, 6.45) is 6.28. The van der Waals surface area contributed by atoms with Crippen molar-refractivity contribution in [1.82, 2.24) is 20.0 Å². The van der Waals surface area contributed by atoms with Crippen molar-refractivity contribution in [2.45, 2.75) is 66.8 Å². The summed E-state index contributed by atoms with van der Waals surface area (Å²) in [6, 6.07) is 41.4. The molecule has 2 aliphatic rings. The lowest BCUT2D eigenvalue weighted by atomic mass is 10.1. The lowest BCUT2D eigenvalue weighted by Gasteiger charge is -2.27. The Morgan fingerprint density at radius 1 is 0.622 bits per heavy atom. The van der Waals surface area contributed by atoms with E-state index in [0.29, 0.717) is 80.8 Å². The van der Waals surface area contributed by atoms with Crippen LogP contribution in [0.4, 0.5) is 27.5 Å². The number of aliphatic imine (C=N–C) groups is 1. The van der Waals surface area contributed by atoms with Gasteiger partial charge in [-0.2, -0.15) is 4.99 Å². The Morgan fingerprint density at radius 3 is 1.82 bits per heavy atom. The zero-order chi connectivity index (χ0) is 58.5. The molecule has 0 saturated carbocycles. The van der Waals surface area contributed by atoms with Crippen LogP contribution in [0, 0.1) is 34.6 Å². The number of carbonyl (C=O) groups is 3. The summed E-state index contributed by atoms with van der Waals surface area (Å²) in [6.45, 7) is 17.9. The number of rotatable bonds is 18. The molecule has 17 heteroatoms. The number of methoxy groups -OCH3 is 1. The smallest absolute Gasteiger partial charge is 0.323 e. The molecule has 5 N–H and O–H groups in total. The highest BCUT2D eigenvalue weighted by molar-refractivity contribution is 6.34. The number of benzene rings is 7. The Bertz CT molecular complexity index is 3380. The van der Waals surface area contributed by atoms with Crippen molar-refractivity contribution in [3.05, 3.63) is 194 Å². The van der Waals surface area contributed by atoms with Gasteiger partial charge in [0.25, 0.3) is 11.8 Å². The topological polar surface area (TPSA) is 180 Å². The molecule has 2 heterocycles. The van der Waals surface area contributed by atoms with Gasteiger partial charge in [-0.3, -0.25) is 9.59 Å². The van der Waals surface area contributed by atoms with E-state index in [4.69, 9.17) is 43.1 Å². The van der Waals surface area contributed by atoms with Crippen molar-refractivity contribution in [1.29, 1.82) is 0 Å². The molecule has 0 aliphatic carbocycles. The molecule has 0 unspecified atom stereocenters. The summed E-state index contributed by atoms with van der Waals surface area (Å²) in [5.41, 5.74) is 15.8. The Morgan fingerprint density at radius 2 is 1.21 bits per heavy atom. The summed E-state index contributed by atoms with van der Waals surface area (Å²) in [5.74, 6) is 2.85. The lowest BCUT2D eigenvalue weighted by Crippen LogP contribution is -2.37. The normalized spacial score (nSPS) is 12.8. The molecular weight excluding hydrogens is 1080 g/mol. The molecule has 7 aromatic carbocycles. The van der Waals surface area contributed by atoms with Gasteiger partial charge in [0.2, 0.25) is 6.08 Å². The van der Waals surface area contributed by atoms with Gasteiger partial charge in [-0.15, -0.1) is 0 Å². The van der Waals surface area contributed by atoms with E-state index in [1.165, 1.54) is 37.3 Å². The minimum Gasteiger partial charge on any atom is -0.496 e. The molecule has 0 bridgehead atoms. The minimum atomic E-state index is -0.500. The molecule has 0 radical (unpaired) electrons. The second-order valence-electron chi connectivity index (χ2n) is 20.3. The van der Waals surface area contributed by atoms with Crippen LogP contribution < -0.4 is 35.9 Å². The van der Waals surface area contributed by atoms with Crippen LogP contribution in [0.15, 0.2) is 145 Å². The Balaban J connectivity index is 0.000000202. The number of nitrogens with two attached hydrogens (primary N) is 1. The zero-order valence-corrected chi connectivity index (χ0v) is 49.0. The summed E-state index contributed by atoms with van der Waals surface area (Å²) in [5, 5.41) is 9.40. The number of halogens is 2. The SMILES string of the molecule is COc1cc(C)ccc1CN(CCN1CCCC1)C(=O)c1ccc(Oc2ccc(C)c(C)c2)c(N)c1.Cc1ccc(Oc2ccc(C(=O)NCCN3CCCC3)cc2NC(=O)Nc2ccccc2Cl)cc1C.O=C=Nc1ccccc1Cl.